The van der Waals surface area contributed by atoms with Crippen LogP contribution in [0.2, 0.25) is 0 Å². The van der Waals surface area contributed by atoms with Crippen LogP contribution in [-0.4, -0.2) is 15.1 Å². The number of aliphatic hydroxyl groups excluding tert-OH is 1. The van der Waals surface area contributed by atoms with Crippen LogP contribution in [0, 0.1) is 6.92 Å². The lowest BCUT2D eigenvalue weighted by molar-refractivity contribution is 0.274. The van der Waals surface area contributed by atoms with Gasteiger partial charge in [0.1, 0.15) is 0 Å². The number of nitrogens with zero attached hydrogens (tertiary/aromatic N) is 2. The summed E-state index contributed by atoms with van der Waals surface area (Å²) in [7, 11) is 0. The summed E-state index contributed by atoms with van der Waals surface area (Å²) in [6, 6.07) is 5.56. The Bertz CT molecular complexity index is 536. The van der Waals surface area contributed by atoms with Gasteiger partial charge in [-0.3, -0.25) is 4.98 Å². The van der Waals surface area contributed by atoms with Gasteiger partial charge in [-0.2, -0.15) is 0 Å². The Labute approximate surface area is 120 Å². The van der Waals surface area contributed by atoms with Crippen molar-refractivity contribution < 1.29 is 9.84 Å². The van der Waals surface area contributed by atoms with Gasteiger partial charge >= 0.3 is 0 Å². The predicted molar refractivity (Wildman–Crippen MR) is 76.3 cm³/mol. The van der Waals surface area contributed by atoms with Gasteiger partial charge in [0.05, 0.1) is 12.3 Å². The summed E-state index contributed by atoms with van der Waals surface area (Å²) < 4.78 is 6.59. The Kier molecular flexibility index (Phi) is 4.50. The van der Waals surface area contributed by atoms with Crippen LogP contribution in [0.3, 0.4) is 0 Å². The highest BCUT2D eigenvalue weighted by Crippen LogP contribution is 2.27. The topological polar surface area (TPSA) is 55.2 Å². The highest BCUT2D eigenvalue weighted by molar-refractivity contribution is 9.10. The minimum Gasteiger partial charge on any atom is -0.437 e. The van der Waals surface area contributed by atoms with Gasteiger partial charge in [-0.05, 0) is 47.5 Å². The molecule has 0 saturated carbocycles. The van der Waals surface area contributed by atoms with E-state index in [-0.39, 0.29) is 6.61 Å². The second kappa shape index (κ2) is 6.12. The quantitative estimate of drug-likeness (QED) is 0.937. The maximum absolute atomic E-state index is 9.34. The maximum atomic E-state index is 9.34. The smallest absolute Gasteiger partial charge is 0.224 e. The van der Waals surface area contributed by atoms with Crippen LogP contribution < -0.4 is 4.74 Å². The van der Waals surface area contributed by atoms with Crippen LogP contribution in [0.5, 0.6) is 11.6 Å². The molecule has 2 aromatic heterocycles. The first kappa shape index (κ1) is 14.0. The third-order valence-corrected chi connectivity index (χ3v) is 3.11. The zero-order chi connectivity index (χ0) is 13.8. The van der Waals surface area contributed by atoms with Crippen molar-refractivity contribution in [3.63, 3.8) is 0 Å². The summed E-state index contributed by atoms with van der Waals surface area (Å²) >= 11 is 3.32. The molecule has 4 nitrogen and oxygen atoms in total. The van der Waals surface area contributed by atoms with E-state index in [9.17, 15) is 5.11 Å². The van der Waals surface area contributed by atoms with Gasteiger partial charge in [-0.25, -0.2) is 4.98 Å². The standard InChI is InChI=1S/C14H15BrN2O2/c1-3-12-13(5-4-9(2)17-12)19-14-10(8-18)6-11(15)7-16-14/h4-7,18H,3,8H2,1-2H3. The summed E-state index contributed by atoms with van der Waals surface area (Å²) in [6.45, 7) is 3.85. The Morgan fingerprint density at radius 2 is 2.16 bits per heavy atom. The molecule has 0 saturated heterocycles. The third-order valence-electron chi connectivity index (χ3n) is 2.68. The first-order valence-electron chi connectivity index (χ1n) is 6.03. The molecule has 0 amide bonds. The van der Waals surface area contributed by atoms with E-state index in [4.69, 9.17) is 4.74 Å². The number of hydrogen-bond acceptors (Lipinski definition) is 4. The third kappa shape index (κ3) is 3.30. The molecule has 0 aliphatic carbocycles. The Hall–Kier alpha value is -1.46. The van der Waals surface area contributed by atoms with Crippen LogP contribution in [0.25, 0.3) is 0 Å². The van der Waals surface area contributed by atoms with Crippen LogP contribution >= 0.6 is 15.9 Å². The molecule has 0 radical (unpaired) electrons. The monoisotopic (exact) mass is 322 g/mol. The molecule has 19 heavy (non-hydrogen) atoms. The molecule has 2 aromatic rings. The molecule has 0 bridgehead atoms. The van der Waals surface area contributed by atoms with Gasteiger partial charge in [0, 0.05) is 21.9 Å². The predicted octanol–water partition coefficient (Wildman–Crippen LogP) is 3.39. The van der Waals surface area contributed by atoms with Crippen molar-refractivity contribution in [3.8, 4) is 11.6 Å². The summed E-state index contributed by atoms with van der Waals surface area (Å²) in [5.74, 6) is 1.09. The number of aliphatic hydroxyl groups is 1. The van der Waals surface area contributed by atoms with E-state index in [0.717, 1.165) is 22.3 Å². The molecule has 1 N–H and O–H groups in total. The summed E-state index contributed by atoms with van der Waals surface area (Å²) in [5, 5.41) is 9.34. The van der Waals surface area contributed by atoms with E-state index in [1.807, 2.05) is 26.0 Å². The lowest BCUT2D eigenvalue weighted by Gasteiger charge is -2.11. The molecule has 0 aliphatic rings. The van der Waals surface area contributed by atoms with Crippen molar-refractivity contribution in [2.75, 3.05) is 0 Å². The molecule has 100 valence electrons. The summed E-state index contributed by atoms with van der Waals surface area (Å²) in [5.41, 5.74) is 2.47. The number of aromatic nitrogens is 2. The second-order valence-corrected chi connectivity index (χ2v) is 5.04. The number of pyridine rings is 2. The lowest BCUT2D eigenvalue weighted by atomic mass is 10.2. The van der Waals surface area contributed by atoms with E-state index < -0.39 is 0 Å². The van der Waals surface area contributed by atoms with Gasteiger partial charge in [-0.1, -0.05) is 6.92 Å². The van der Waals surface area contributed by atoms with Crippen LogP contribution in [0.4, 0.5) is 0 Å². The van der Waals surface area contributed by atoms with E-state index in [1.165, 1.54) is 0 Å². The first-order chi connectivity index (χ1) is 9.13. The zero-order valence-electron chi connectivity index (χ0n) is 10.9. The molecule has 0 atom stereocenters. The maximum Gasteiger partial charge on any atom is 0.224 e. The molecule has 2 rings (SSSR count). The minimum absolute atomic E-state index is 0.122. The first-order valence-corrected chi connectivity index (χ1v) is 6.83. The van der Waals surface area contributed by atoms with Crippen LogP contribution in [0.1, 0.15) is 23.9 Å². The van der Waals surface area contributed by atoms with Gasteiger partial charge in [-0.15, -0.1) is 0 Å². The van der Waals surface area contributed by atoms with Crippen LogP contribution in [-0.2, 0) is 13.0 Å². The fourth-order valence-electron chi connectivity index (χ4n) is 1.72. The Morgan fingerprint density at radius 3 is 2.84 bits per heavy atom. The van der Waals surface area contributed by atoms with Crippen molar-refractivity contribution in [2.24, 2.45) is 0 Å². The lowest BCUT2D eigenvalue weighted by Crippen LogP contribution is -1.99. The van der Waals surface area contributed by atoms with Gasteiger partial charge < -0.3 is 9.84 Å². The molecule has 0 fully saturated rings. The molecule has 0 aliphatic heterocycles. The fourth-order valence-corrected chi connectivity index (χ4v) is 2.10. The van der Waals surface area contributed by atoms with Gasteiger partial charge in [0.2, 0.25) is 5.88 Å². The molecule has 2 heterocycles. The molecular weight excluding hydrogens is 308 g/mol. The van der Waals surface area contributed by atoms with E-state index >= 15 is 0 Å². The SMILES string of the molecule is CCc1nc(C)ccc1Oc1ncc(Br)cc1CO. The second-order valence-electron chi connectivity index (χ2n) is 4.13. The minimum atomic E-state index is -0.122. The zero-order valence-corrected chi connectivity index (χ0v) is 12.4. The fraction of sp³-hybridized carbons (Fsp3) is 0.286. The van der Waals surface area contributed by atoms with Crippen molar-refractivity contribution in [2.45, 2.75) is 26.9 Å². The average Bonchev–Trinajstić information content (AvgIpc) is 2.42. The summed E-state index contributed by atoms with van der Waals surface area (Å²) in [4.78, 5) is 8.62. The number of rotatable bonds is 4. The molecule has 0 spiro atoms. The molecule has 5 heteroatoms. The van der Waals surface area contributed by atoms with Gasteiger partial charge in [0.15, 0.2) is 5.75 Å². The number of aryl methyl sites for hydroxylation is 2. The molecular formula is C14H15BrN2O2. The van der Waals surface area contributed by atoms with Crippen molar-refractivity contribution in [3.05, 3.63) is 45.8 Å². The normalized spacial score (nSPS) is 10.5. The van der Waals surface area contributed by atoms with Gasteiger partial charge in [0.25, 0.3) is 0 Å². The average molecular weight is 323 g/mol. The van der Waals surface area contributed by atoms with Crippen LogP contribution in [0.15, 0.2) is 28.9 Å². The van der Waals surface area contributed by atoms with E-state index in [1.54, 1.807) is 12.3 Å². The van der Waals surface area contributed by atoms with Crippen molar-refractivity contribution >= 4 is 15.9 Å². The van der Waals surface area contributed by atoms with Crippen molar-refractivity contribution in [1.29, 1.82) is 0 Å². The number of ether oxygens (including phenoxy) is 1. The Balaban J connectivity index is 2.36. The molecule has 0 aromatic carbocycles. The van der Waals surface area contributed by atoms with Crippen molar-refractivity contribution in [1.82, 2.24) is 9.97 Å². The number of halogens is 1. The molecule has 0 unspecified atom stereocenters. The highest BCUT2D eigenvalue weighted by Gasteiger charge is 2.10. The van der Waals surface area contributed by atoms with E-state index in [2.05, 4.69) is 25.9 Å². The summed E-state index contributed by atoms with van der Waals surface area (Å²) in [6.07, 6.45) is 2.42. The van der Waals surface area contributed by atoms with E-state index in [0.29, 0.717) is 17.2 Å². The Morgan fingerprint density at radius 1 is 1.37 bits per heavy atom. The largest absolute Gasteiger partial charge is 0.437 e. The number of hydrogen-bond donors (Lipinski definition) is 1. The highest BCUT2D eigenvalue weighted by atomic mass is 79.9.